The number of carbonyl (C=O) groups excluding carboxylic acids is 1. The van der Waals surface area contributed by atoms with Crippen molar-refractivity contribution in [2.75, 3.05) is 20.2 Å². The fourth-order valence-electron chi connectivity index (χ4n) is 8.25. The maximum absolute atomic E-state index is 13.7. The zero-order chi connectivity index (χ0) is 29.0. The van der Waals surface area contributed by atoms with Crippen LogP contribution < -0.4 is 21.3 Å². The number of methoxy groups -OCH3 is 1. The normalized spacial score (nSPS) is 28.5. The minimum Gasteiger partial charge on any atom is -0.494 e. The molecule has 5 fully saturated rings. The minimum atomic E-state index is 0.0232. The van der Waals surface area contributed by atoms with Gasteiger partial charge in [-0.3, -0.25) is 15.6 Å². The van der Waals surface area contributed by atoms with E-state index in [9.17, 15) is 4.79 Å². The van der Waals surface area contributed by atoms with Gasteiger partial charge in [-0.15, -0.1) is 0 Å². The Labute approximate surface area is 250 Å². The fourth-order valence-corrected chi connectivity index (χ4v) is 8.25. The Morgan fingerprint density at radius 3 is 2.63 bits per heavy atom. The summed E-state index contributed by atoms with van der Waals surface area (Å²) in [5, 5.41) is 1.14. The van der Waals surface area contributed by atoms with Crippen LogP contribution in [0.2, 0.25) is 0 Å². The van der Waals surface area contributed by atoms with Crippen molar-refractivity contribution >= 4 is 28.0 Å². The Bertz CT molecular complexity index is 1770. The van der Waals surface area contributed by atoms with Gasteiger partial charge in [0.05, 0.1) is 18.3 Å². The monoisotopic (exact) mass is 580 g/mol. The molecule has 2 saturated heterocycles. The summed E-state index contributed by atoms with van der Waals surface area (Å²) in [4.78, 5) is 26.2. The van der Waals surface area contributed by atoms with Crippen molar-refractivity contribution in [2.24, 2.45) is 30.5 Å². The standard InChI is InChI=1S/C33H40N8O2/c1-39-30-24(11-21(13-27(30)43-2)33(42)41-16-20-8-10-25(41)28(20)34)37-32(39)26-12-19-7-9-23(22-14-35-38-29(22)18-5-6-18)36-31(19)40(26)15-17-3-4-17/h7,9,11-13,17-18,20,22,25,28-29,35,38H,3-6,8,10,14-16,34H2,1-2H3/t20?,22?,25?,28-,29?/m1/s1. The highest BCUT2D eigenvalue weighted by molar-refractivity contribution is 6.00. The number of nitrogens with two attached hydrogens (primary N) is 1. The smallest absolute Gasteiger partial charge is 0.254 e. The number of ether oxygens (including phenoxy) is 1. The fraction of sp³-hybridized carbons (Fsp3) is 0.545. The summed E-state index contributed by atoms with van der Waals surface area (Å²) in [5.41, 5.74) is 18.9. The highest BCUT2D eigenvalue weighted by Gasteiger charge is 2.47. The highest BCUT2D eigenvalue weighted by atomic mass is 16.5. The number of rotatable bonds is 7. The number of amides is 1. The first-order valence-electron chi connectivity index (χ1n) is 16.1. The van der Waals surface area contributed by atoms with Crippen LogP contribution in [0.4, 0.5) is 0 Å². The van der Waals surface area contributed by atoms with Crippen LogP contribution in [0.5, 0.6) is 5.75 Å². The average Bonchev–Trinajstić information content (AvgIpc) is 3.85. The number of likely N-dealkylation sites (tertiary alicyclic amines) is 1. The van der Waals surface area contributed by atoms with E-state index < -0.39 is 0 Å². The molecule has 5 atom stereocenters. The molecule has 2 bridgehead atoms. The summed E-state index contributed by atoms with van der Waals surface area (Å²) in [7, 11) is 3.71. The molecule has 5 heterocycles. The van der Waals surface area contributed by atoms with Crippen molar-refractivity contribution in [3.8, 4) is 17.3 Å². The summed E-state index contributed by atoms with van der Waals surface area (Å²) >= 11 is 0. The highest BCUT2D eigenvalue weighted by Crippen LogP contribution is 2.42. The van der Waals surface area contributed by atoms with E-state index >= 15 is 0 Å². The van der Waals surface area contributed by atoms with Crippen LogP contribution in [0.1, 0.15) is 60.5 Å². The molecule has 10 heteroatoms. The molecule has 3 saturated carbocycles. The molecule has 4 unspecified atom stereocenters. The molecule has 5 aliphatic rings. The number of nitrogens with one attached hydrogen (secondary N) is 2. The number of fused-ring (bicyclic) bond motifs is 4. The van der Waals surface area contributed by atoms with E-state index in [0.717, 1.165) is 77.7 Å². The maximum Gasteiger partial charge on any atom is 0.254 e. The summed E-state index contributed by atoms with van der Waals surface area (Å²) in [5.74, 6) is 3.74. The summed E-state index contributed by atoms with van der Waals surface area (Å²) in [6, 6.07) is 11.2. The second kappa shape index (κ2) is 9.51. The second-order valence-corrected chi connectivity index (χ2v) is 13.7. The van der Waals surface area contributed by atoms with Crippen LogP contribution in [0.25, 0.3) is 33.6 Å². The third-order valence-electron chi connectivity index (χ3n) is 11.0. The molecular formula is C33H40N8O2. The maximum atomic E-state index is 13.7. The summed E-state index contributed by atoms with van der Waals surface area (Å²) in [6.45, 7) is 2.58. The second-order valence-electron chi connectivity index (χ2n) is 13.7. The van der Waals surface area contributed by atoms with Gasteiger partial charge < -0.3 is 24.5 Å². The Balaban J connectivity index is 1.13. The number of nitrogens with zero attached hydrogens (tertiary/aromatic N) is 5. The molecule has 43 heavy (non-hydrogen) atoms. The first-order chi connectivity index (χ1) is 21.0. The number of hydrogen-bond donors (Lipinski definition) is 3. The molecule has 0 spiro atoms. The number of aromatic nitrogens is 4. The van der Waals surface area contributed by atoms with E-state index in [0.29, 0.717) is 35.1 Å². The van der Waals surface area contributed by atoms with E-state index in [1.54, 1.807) is 7.11 Å². The Morgan fingerprint density at radius 1 is 1.07 bits per heavy atom. The molecule has 1 aromatic carbocycles. The Morgan fingerprint density at radius 2 is 1.91 bits per heavy atom. The van der Waals surface area contributed by atoms with Gasteiger partial charge in [0.2, 0.25) is 0 Å². The van der Waals surface area contributed by atoms with Crippen molar-refractivity contribution in [1.82, 2.24) is 34.9 Å². The lowest BCUT2D eigenvalue weighted by Gasteiger charge is -2.27. The third-order valence-corrected chi connectivity index (χ3v) is 11.0. The van der Waals surface area contributed by atoms with Gasteiger partial charge in [-0.2, -0.15) is 0 Å². The van der Waals surface area contributed by atoms with E-state index in [1.807, 2.05) is 24.1 Å². The van der Waals surface area contributed by atoms with Gasteiger partial charge in [0.1, 0.15) is 16.9 Å². The lowest BCUT2D eigenvalue weighted by molar-refractivity contribution is 0.0700. The first kappa shape index (κ1) is 26.0. The quantitative estimate of drug-likeness (QED) is 0.306. The van der Waals surface area contributed by atoms with Crippen LogP contribution in [0, 0.1) is 17.8 Å². The van der Waals surface area contributed by atoms with E-state index in [2.05, 4.69) is 38.2 Å². The van der Waals surface area contributed by atoms with E-state index in [1.165, 1.54) is 25.7 Å². The summed E-state index contributed by atoms with van der Waals surface area (Å²) < 4.78 is 10.4. The van der Waals surface area contributed by atoms with E-state index in [4.69, 9.17) is 20.4 Å². The van der Waals surface area contributed by atoms with Crippen molar-refractivity contribution in [2.45, 2.75) is 69.1 Å². The number of hydrogen-bond acceptors (Lipinski definition) is 7. The first-order valence-corrected chi connectivity index (χ1v) is 16.1. The van der Waals surface area contributed by atoms with Gasteiger partial charge in [-0.25, -0.2) is 9.97 Å². The number of pyridine rings is 1. The molecule has 224 valence electrons. The van der Waals surface area contributed by atoms with Gasteiger partial charge >= 0.3 is 0 Å². The number of aryl methyl sites for hydroxylation is 1. The van der Waals surface area contributed by atoms with Gasteiger partial charge in [0.15, 0.2) is 5.82 Å². The molecule has 1 amide bonds. The van der Waals surface area contributed by atoms with E-state index in [-0.39, 0.29) is 18.0 Å². The van der Waals surface area contributed by atoms with Gasteiger partial charge in [0.25, 0.3) is 5.91 Å². The molecular weight excluding hydrogens is 540 g/mol. The molecule has 3 aliphatic carbocycles. The molecule has 10 nitrogen and oxygen atoms in total. The Hall–Kier alpha value is -3.47. The van der Waals surface area contributed by atoms with Crippen molar-refractivity contribution in [1.29, 1.82) is 0 Å². The SMILES string of the molecule is COc1cc(C(=O)N2CC3CCC2[C@@H]3N)cc2nc(-c3cc4ccc(C5CNNC5C5CC5)nc4n3CC3CC3)n(C)c12. The Kier molecular flexibility index (Phi) is 5.75. The van der Waals surface area contributed by atoms with Crippen LogP contribution in [-0.4, -0.2) is 68.2 Å². The molecule has 0 radical (unpaired) electrons. The van der Waals surface area contributed by atoms with Crippen molar-refractivity contribution < 1.29 is 9.53 Å². The van der Waals surface area contributed by atoms with Crippen LogP contribution in [0.3, 0.4) is 0 Å². The van der Waals surface area contributed by atoms with Crippen LogP contribution >= 0.6 is 0 Å². The number of carbonyl (C=O) groups is 1. The predicted octanol–water partition coefficient (Wildman–Crippen LogP) is 3.54. The molecule has 3 aromatic heterocycles. The lowest BCUT2D eigenvalue weighted by Crippen LogP contribution is -2.41. The van der Waals surface area contributed by atoms with Gasteiger partial charge in [-0.1, -0.05) is 0 Å². The van der Waals surface area contributed by atoms with Gasteiger partial charge in [-0.05, 0) is 86.6 Å². The third kappa shape index (κ3) is 4.06. The summed E-state index contributed by atoms with van der Waals surface area (Å²) in [6.07, 6.45) is 7.21. The molecule has 9 rings (SSSR count). The number of piperidine rings is 1. The van der Waals surface area contributed by atoms with Crippen molar-refractivity contribution in [3.05, 3.63) is 41.6 Å². The van der Waals surface area contributed by atoms with Crippen molar-refractivity contribution in [3.63, 3.8) is 0 Å². The predicted molar refractivity (Wildman–Crippen MR) is 165 cm³/mol. The molecule has 4 aromatic rings. The zero-order valence-corrected chi connectivity index (χ0v) is 24.9. The van der Waals surface area contributed by atoms with Crippen LogP contribution in [0.15, 0.2) is 30.3 Å². The average molecular weight is 581 g/mol. The molecule has 4 N–H and O–H groups in total. The number of imidazole rings is 1. The lowest BCUT2D eigenvalue weighted by atomic mass is 9.94. The van der Waals surface area contributed by atoms with Gasteiger partial charge in [0, 0.05) is 67.4 Å². The molecule has 2 aliphatic heterocycles. The largest absolute Gasteiger partial charge is 0.494 e. The topological polar surface area (TPSA) is 115 Å². The minimum absolute atomic E-state index is 0.0232. The number of benzene rings is 1. The number of hydrazine groups is 1. The zero-order valence-electron chi connectivity index (χ0n) is 24.9. The van der Waals surface area contributed by atoms with Crippen LogP contribution in [-0.2, 0) is 13.6 Å².